The standard InChI is InChI=1S/C29H30ClN3O/c1-18-8-11-23(12-9-18)33-26-17-22(30)10-13-24(26)31-28(33)25-7-5-6-14-32(25)29(34)27-20(3)15-19(2)16-21(27)4/h8-13,15-17,25H,5-7,14H2,1-4H3. The normalized spacial score (nSPS) is 16.3. The quantitative estimate of drug-likeness (QED) is 0.315. The maximum atomic E-state index is 14.0. The number of halogens is 1. The van der Waals surface area contributed by atoms with Crippen molar-refractivity contribution in [3.63, 3.8) is 0 Å². The Balaban J connectivity index is 1.67. The van der Waals surface area contributed by atoms with E-state index in [1.807, 2.05) is 36.9 Å². The van der Waals surface area contributed by atoms with Crippen LogP contribution in [-0.2, 0) is 0 Å². The molecule has 4 nitrogen and oxygen atoms in total. The van der Waals surface area contributed by atoms with Crippen LogP contribution in [0.3, 0.4) is 0 Å². The van der Waals surface area contributed by atoms with Crippen LogP contribution in [0, 0.1) is 27.7 Å². The number of likely N-dealkylation sites (tertiary alicyclic amines) is 1. The summed E-state index contributed by atoms with van der Waals surface area (Å²) in [6, 6.07) is 18.4. The van der Waals surface area contributed by atoms with Crippen molar-refractivity contribution in [1.29, 1.82) is 0 Å². The van der Waals surface area contributed by atoms with Crippen LogP contribution >= 0.6 is 11.6 Å². The van der Waals surface area contributed by atoms with Gasteiger partial charge in [-0.1, -0.05) is 47.0 Å². The molecule has 0 bridgehead atoms. The van der Waals surface area contributed by atoms with Crippen LogP contribution in [0.1, 0.15) is 63.7 Å². The summed E-state index contributed by atoms with van der Waals surface area (Å²) in [5.74, 6) is 0.997. The first-order valence-corrected chi connectivity index (χ1v) is 12.3. The van der Waals surface area contributed by atoms with Crippen LogP contribution < -0.4 is 0 Å². The molecule has 1 aliphatic rings. The largest absolute Gasteiger partial charge is 0.328 e. The van der Waals surface area contributed by atoms with Crippen LogP contribution in [-0.4, -0.2) is 26.9 Å². The lowest BCUT2D eigenvalue weighted by Crippen LogP contribution is -2.40. The molecule has 5 rings (SSSR count). The fourth-order valence-electron chi connectivity index (χ4n) is 5.36. The van der Waals surface area contributed by atoms with Gasteiger partial charge in [-0.05, 0) is 88.4 Å². The summed E-state index contributed by atoms with van der Waals surface area (Å²) in [4.78, 5) is 21.1. The fourth-order valence-corrected chi connectivity index (χ4v) is 5.53. The molecule has 1 aliphatic heterocycles. The van der Waals surface area contributed by atoms with Crippen molar-refractivity contribution in [2.75, 3.05) is 6.54 Å². The van der Waals surface area contributed by atoms with E-state index in [0.717, 1.165) is 65.0 Å². The second kappa shape index (κ2) is 8.92. The predicted octanol–water partition coefficient (Wildman–Crippen LogP) is 7.28. The molecule has 4 aromatic rings. The molecule has 1 fully saturated rings. The van der Waals surface area contributed by atoms with Crippen molar-refractivity contribution in [2.24, 2.45) is 0 Å². The topological polar surface area (TPSA) is 38.1 Å². The maximum Gasteiger partial charge on any atom is 0.255 e. The Hall–Kier alpha value is -3.11. The summed E-state index contributed by atoms with van der Waals surface area (Å²) in [5, 5.41) is 0.676. The molecule has 1 amide bonds. The van der Waals surface area contributed by atoms with Gasteiger partial charge in [-0.15, -0.1) is 0 Å². The minimum atomic E-state index is -0.103. The predicted molar refractivity (Wildman–Crippen MR) is 139 cm³/mol. The molecule has 1 atom stereocenters. The summed E-state index contributed by atoms with van der Waals surface area (Å²) >= 11 is 6.40. The second-order valence-corrected chi connectivity index (χ2v) is 9.99. The third-order valence-corrected chi connectivity index (χ3v) is 7.12. The summed E-state index contributed by atoms with van der Waals surface area (Å²) < 4.78 is 2.19. The number of hydrogen-bond donors (Lipinski definition) is 0. The molecule has 1 saturated heterocycles. The summed E-state index contributed by atoms with van der Waals surface area (Å²) in [6.07, 6.45) is 2.96. The first-order valence-electron chi connectivity index (χ1n) is 12.0. The number of carbonyl (C=O) groups excluding carboxylic acids is 1. The number of aromatic nitrogens is 2. The van der Waals surface area contributed by atoms with Gasteiger partial charge in [0.2, 0.25) is 0 Å². The smallest absolute Gasteiger partial charge is 0.255 e. The lowest BCUT2D eigenvalue weighted by molar-refractivity contribution is 0.0597. The number of carbonyl (C=O) groups is 1. The summed E-state index contributed by atoms with van der Waals surface area (Å²) in [6.45, 7) is 8.97. The van der Waals surface area contributed by atoms with Crippen molar-refractivity contribution < 1.29 is 4.79 Å². The van der Waals surface area contributed by atoms with Crippen molar-refractivity contribution in [3.05, 3.63) is 93.3 Å². The fraction of sp³-hybridized carbons (Fsp3) is 0.310. The van der Waals surface area contributed by atoms with Gasteiger partial charge < -0.3 is 4.90 Å². The van der Waals surface area contributed by atoms with Crippen LogP contribution in [0.2, 0.25) is 5.02 Å². The monoisotopic (exact) mass is 471 g/mol. The Kier molecular flexibility index (Phi) is 5.95. The first-order chi connectivity index (χ1) is 16.3. The van der Waals surface area contributed by atoms with Crippen LogP contribution in [0.5, 0.6) is 0 Å². The minimum Gasteiger partial charge on any atom is -0.328 e. The molecular weight excluding hydrogens is 442 g/mol. The number of rotatable bonds is 3. The number of imidazole rings is 1. The molecule has 0 spiro atoms. The lowest BCUT2D eigenvalue weighted by Gasteiger charge is -2.36. The van der Waals surface area contributed by atoms with Gasteiger partial charge in [-0.3, -0.25) is 9.36 Å². The highest BCUT2D eigenvalue weighted by Gasteiger charge is 2.34. The zero-order valence-corrected chi connectivity index (χ0v) is 21.0. The van der Waals surface area contributed by atoms with E-state index in [4.69, 9.17) is 16.6 Å². The Bertz CT molecular complexity index is 1360. The zero-order valence-electron chi connectivity index (χ0n) is 20.2. The molecule has 2 heterocycles. The SMILES string of the molecule is Cc1ccc(-n2c(C3CCCCN3C(=O)c3c(C)cc(C)cc3C)nc3ccc(Cl)cc32)cc1. The third-order valence-electron chi connectivity index (χ3n) is 6.89. The molecule has 34 heavy (non-hydrogen) atoms. The lowest BCUT2D eigenvalue weighted by atomic mass is 9.95. The van der Waals surface area contributed by atoms with Gasteiger partial charge >= 0.3 is 0 Å². The highest BCUT2D eigenvalue weighted by atomic mass is 35.5. The van der Waals surface area contributed by atoms with Gasteiger partial charge in [0, 0.05) is 22.8 Å². The van der Waals surface area contributed by atoms with E-state index < -0.39 is 0 Å². The van der Waals surface area contributed by atoms with Crippen molar-refractivity contribution >= 4 is 28.5 Å². The molecule has 0 N–H and O–H groups in total. The molecule has 0 radical (unpaired) electrons. The average Bonchev–Trinajstić information content (AvgIpc) is 3.17. The number of amides is 1. The highest BCUT2D eigenvalue weighted by Crippen LogP contribution is 2.36. The van der Waals surface area contributed by atoms with E-state index >= 15 is 0 Å². The van der Waals surface area contributed by atoms with E-state index in [2.05, 4.69) is 54.8 Å². The molecule has 5 heteroatoms. The Morgan fingerprint density at radius 1 is 0.912 bits per heavy atom. The minimum absolute atomic E-state index is 0.0974. The molecule has 1 aromatic heterocycles. The number of fused-ring (bicyclic) bond motifs is 1. The Labute approximate surface area is 206 Å². The van der Waals surface area contributed by atoms with Gasteiger partial charge in [-0.25, -0.2) is 4.98 Å². The van der Waals surface area contributed by atoms with Crippen molar-refractivity contribution in [3.8, 4) is 5.69 Å². The molecule has 0 aliphatic carbocycles. The van der Waals surface area contributed by atoms with Gasteiger partial charge in [0.1, 0.15) is 5.82 Å². The van der Waals surface area contributed by atoms with E-state index in [1.165, 1.54) is 11.1 Å². The van der Waals surface area contributed by atoms with E-state index in [-0.39, 0.29) is 11.9 Å². The Morgan fingerprint density at radius 3 is 2.32 bits per heavy atom. The summed E-state index contributed by atoms with van der Waals surface area (Å²) in [5.41, 5.74) is 8.15. The zero-order chi connectivity index (χ0) is 24.0. The number of nitrogens with zero attached hydrogens (tertiary/aromatic N) is 3. The Morgan fingerprint density at radius 2 is 1.62 bits per heavy atom. The molecule has 174 valence electrons. The van der Waals surface area contributed by atoms with Gasteiger partial charge in [0.05, 0.1) is 17.1 Å². The third kappa shape index (κ3) is 4.01. The van der Waals surface area contributed by atoms with Crippen molar-refractivity contribution in [2.45, 2.75) is 53.0 Å². The van der Waals surface area contributed by atoms with E-state index in [9.17, 15) is 4.79 Å². The number of benzene rings is 3. The highest BCUT2D eigenvalue weighted by molar-refractivity contribution is 6.31. The summed E-state index contributed by atoms with van der Waals surface area (Å²) in [7, 11) is 0. The number of aryl methyl sites for hydroxylation is 4. The average molecular weight is 472 g/mol. The van der Waals surface area contributed by atoms with Crippen molar-refractivity contribution in [1.82, 2.24) is 14.5 Å². The molecule has 1 unspecified atom stereocenters. The number of hydrogen-bond acceptors (Lipinski definition) is 2. The number of piperidine rings is 1. The van der Waals surface area contributed by atoms with Gasteiger partial charge in [-0.2, -0.15) is 0 Å². The maximum absolute atomic E-state index is 14.0. The molecular formula is C29H30ClN3O. The first kappa shape index (κ1) is 22.7. The molecule has 0 saturated carbocycles. The van der Waals surface area contributed by atoms with Crippen LogP contribution in [0.15, 0.2) is 54.6 Å². The van der Waals surface area contributed by atoms with Crippen LogP contribution in [0.4, 0.5) is 0 Å². The van der Waals surface area contributed by atoms with Gasteiger partial charge in [0.25, 0.3) is 5.91 Å². The van der Waals surface area contributed by atoms with E-state index in [1.54, 1.807) is 0 Å². The van der Waals surface area contributed by atoms with Gasteiger partial charge in [0.15, 0.2) is 0 Å². The van der Waals surface area contributed by atoms with Crippen LogP contribution in [0.25, 0.3) is 16.7 Å². The molecule has 3 aromatic carbocycles. The second-order valence-electron chi connectivity index (χ2n) is 9.56. The van der Waals surface area contributed by atoms with E-state index in [0.29, 0.717) is 5.02 Å².